The van der Waals surface area contributed by atoms with Crippen LogP contribution < -0.4 is 0 Å². The Bertz CT molecular complexity index is 879. The zero-order valence-corrected chi connectivity index (χ0v) is 17.3. The number of benzene rings is 1. The summed E-state index contributed by atoms with van der Waals surface area (Å²) in [6, 6.07) is 9.79. The standard InChI is InChI=1S/C23H27NO4/c1-22(2,3)20-14-16(15-21(28-20)23(4,5)6)8-7-9-19(25)17-10-12-18(13-11-17)24(26)27/h7-15H,1-6H3/p+1/b8-7+,19-9+. The van der Waals surface area contributed by atoms with Crippen LogP contribution in [0, 0.1) is 10.1 Å². The van der Waals surface area contributed by atoms with E-state index in [0.29, 0.717) is 5.56 Å². The largest absolute Gasteiger partial charge is 0.507 e. The van der Waals surface area contributed by atoms with E-state index < -0.39 is 4.92 Å². The molecular weight excluding hydrogens is 354 g/mol. The summed E-state index contributed by atoms with van der Waals surface area (Å²) in [7, 11) is 0. The summed E-state index contributed by atoms with van der Waals surface area (Å²) >= 11 is 0. The van der Waals surface area contributed by atoms with Gasteiger partial charge in [-0.05, 0) is 65.3 Å². The predicted octanol–water partition coefficient (Wildman–Crippen LogP) is 6.68. The minimum absolute atomic E-state index is 0.00968. The SMILES string of the molecule is CC(C)(C)c1cc(/C=C/C=C(/O)c2ccc([N+](=O)[O-])cc2)cc(C(C)(C)C)[o+]1. The summed E-state index contributed by atoms with van der Waals surface area (Å²) in [5, 5.41) is 20.9. The maximum Gasteiger partial charge on any atom is 0.335 e. The third-order valence-corrected chi connectivity index (χ3v) is 4.21. The second kappa shape index (κ2) is 7.97. The number of rotatable bonds is 4. The molecule has 148 valence electrons. The van der Waals surface area contributed by atoms with Gasteiger partial charge in [-0.1, -0.05) is 12.2 Å². The molecule has 0 aliphatic carbocycles. The molecule has 5 heteroatoms. The summed E-state index contributed by atoms with van der Waals surface area (Å²) < 4.78 is 6.12. The van der Waals surface area contributed by atoms with Gasteiger partial charge in [-0.2, -0.15) is 0 Å². The summed E-state index contributed by atoms with van der Waals surface area (Å²) in [6.07, 6.45) is 5.23. The van der Waals surface area contributed by atoms with Gasteiger partial charge in [-0.25, -0.2) is 4.42 Å². The van der Waals surface area contributed by atoms with E-state index in [-0.39, 0.29) is 22.3 Å². The van der Waals surface area contributed by atoms with Gasteiger partial charge < -0.3 is 5.11 Å². The number of aliphatic hydroxyl groups is 1. The Morgan fingerprint density at radius 1 is 1.00 bits per heavy atom. The van der Waals surface area contributed by atoms with E-state index in [2.05, 4.69) is 41.5 Å². The fourth-order valence-electron chi connectivity index (χ4n) is 2.46. The second-order valence-electron chi connectivity index (χ2n) is 8.83. The highest BCUT2D eigenvalue weighted by molar-refractivity contribution is 5.64. The van der Waals surface area contributed by atoms with Crippen molar-refractivity contribution in [3.05, 3.63) is 81.3 Å². The number of non-ortho nitro benzene ring substituents is 1. The number of hydrogen-bond donors (Lipinski definition) is 1. The highest BCUT2D eigenvalue weighted by atomic mass is 16.6. The number of hydrogen-bond acceptors (Lipinski definition) is 3. The molecule has 0 saturated carbocycles. The van der Waals surface area contributed by atoms with Crippen molar-refractivity contribution in [2.45, 2.75) is 52.4 Å². The topological polar surface area (TPSA) is 74.7 Å². The first-order valence-electron chi connectivity index (χ1n) is 9.19. The van der Waals surface area contributed by atoms with Crippen molar-refractivity contribution in [2.24, 2.45) is 0 Å². The highest BCUT2D eigenvalue weighted by Crippen LogP contribution is 2.30. The number of nitro groups is 1. The van der Waals surface area contributed by atoms with Crippen LogP contribution in [0.2, 0.25) is 0 Å². The molecule has 1 aromatic heterocycles. The van der Waals surface area contributed by atoms with Crippen molar-refractivity contribution in [1.82, 2.24) is 0 Å². The van der Waals surface area contributed by atoms with Crippen LogP contribution in [0.25, 0.3) is 11.8 Å². The quantitative estimate of drug-likeness (QED) is 0.210. The van der Waals surface area contributed by atoms with Gasteiger partial charge in [0.05, 0.1) is 15.8 Å². The number of aliphatic hydroxyl groups excluding tert-OH is 1. The Morgan fingerprint density at radius 2 is 1.50 bits per heavy atom. The Kier molecular flexibility index (Phi) is 6.07. The van der Waals surface area contributed by atoms with Gasteiger partial charge in [0, 0.05) is 29.8 Å². The number of nitrogens with zero attached hydrogens (tertiary/aromatic N) is 1. The first-order valence-corrected chi connectivity index (χ1v) is 9.19. The molecule has 28 heavy (non-hydrogen) atoms. The van der Waals surface area contributed by atoms with Gasteiger partial charge in [0.1, 0.15) is 5.76 Å². The van der Waals surface area contributed by atoms with Crippen LogP contribution >= 0.6 is 0 Å². The zero-order valence-electron chi connectivity index (χ0n) is 17.3. The van der Waals surface area contributed by atoms with E-state index in [1.807, 2.05) is 18.2 Å². The van der Waals surface area contributed by atoms with Crippen molar-refractivity contribution >= 4 is 17.5 Å². The van der Waals surface area contributed by atoms with Crippen LogP contribution in [0.1, 0.15) is 64.2 Å². The highest BCUT2D eigenvalue weighted by Gasteiger charge is 2.33. The molecular formula is C23H28NO4+. The van der Waals surface area contributed by atoms with Crippen LogP contribution in [-0.4, -0.2) is 10.0 Å². The van der Waals surface area contributed by atoms with E-state index in [0.717, 1.165) is 17.1 Å². The Morgan fingerprint density at radius 3 is 1.93 bits per heavy atom. The lowest BCUT2D eigenvalue weighted by atomic mass is 9.88. The van der Waals surface area contributed by atoms with Gasteiger partial charge in [-0.3, -0.25) is 10.1 Å². The summed E-state index contributed by atoms with van der Waals surface area (Å²) in [5.41, 5.74) is 1.24. The maximum absolute atomic E-state index is 10.7. The third-order valence-electron chi connectivity index (χ3n) is 4.21. The van der Waals surface area contributed by atoms with Crippen LogP contribution in [0.5, 0.6) is 0 Å². The second-order valence-corrected chi connectivity index (χ2v) is 8.83. The summed E-state index contributed by atoms with van der Waals surface area (Å²) in [5.74, 6) is 1.82. The van der Waals surface area contributed by atoms with Gasteiger partial charge in [0.15, 0.2) is 0 Å². The van der Waals surface area contributed by atoms with Crippen molar-refractivity contribution in [3.8, 4) is 0 Å². The Labute approximate surface area is 166 Å². The lowest BCUT2D eigenvalue weighted by molar-refractivity contribution is -0.384. The Balaban J connectivity index is 2.31. The average Bonchev–Trinajstić information content (AvgIpc) is 2.60. The molecule has 0 aliphatic heterocycles. The molecule has 0 unspecified atom stereocenters. The zero-order chi connectivity index (χ0) is 21.1. The molecule has 1 aromatic carbocycles. The molecule has 5 nitrogen and oxygen atoms in total. The molecule has 0 amide bonds. The van der Waals surface area contributed by atoms with E-state index in [9.17, 15) is 15.2 Å². The molecule has 0 aliphatic rings. The summed E-state index contributed by atoms with van der Waals surface area (Å²) in [6.45, 7) is 12.6. The van der Waals surface area contributed by atoms with E-state index in [4.69, 9.17) is 4.42 Å². The van der Waals surface area contributed by atoms with Crippen molar-refractivity contribution < 1.29 is 14.4 Å². The van der Waals surface area contributed by atoms with Gasteiger partial charge in [0.25, 0.3) is 5.69 Å². The molecule has 0 spiro atoms. The number of allylic oxidation sites excluding steroid dienone is 2. The van der Waals surface area contributed by atoms with Crippen LogP contribution in [-0.2, 0) is 10.8 Å². The molecule has 0 radical (unpaired) electrons. The van der Waals surface area contributed by atoms with Crippen LogP contribution in [0.15, 0.2) is 53.0 Å². The molecule has 1 N–H and O–H groups in total. The minimum atomic E-state index is -0.468. The van der Waals surface area contributed by atoms with E-state index >= 15 is 0 Å². The normalized spacial score (nSPS) is 13.1. The smallest absolute Gasteiger partial charge is 0.335 e. The van der Waals surface area contributed by atoms with Gasteiger partial charge >= 0.3 is 11.5 Å². The van der Waals surface area contributed by atoms with Crippen LogP contribution in [0.4, 0.5) is 5.69 Å². The molecule has 2 rings (SSSR count). The monoisotopic (exact) mass is 382 g/mol. The first-order chi connectivity index (χ1) is 12.9. The minimum Gasteiger partial charge on any atom is -0.507 e. The molecule has 0 saturated heterocycles. The van der Waals surface area contributed by atoms with Crippen molar-refractivity contribution in [3.63, 3.8) is 0 Å². The fourth-order valence-corrected chi connectivity index (χ4v) is 2.46. The molecule has 1 heterocycles. The molecule has 0 fully saturated rings. The Hall–Kier alpha value is -2.95. The predicted molar refractivity (Wildman–Crippen MR) is 113 cm³/mol. The van der Waals surface area contributed by atoms with Crippen molar-refractivity contribution in [2.75, 3.05) is 0 Å². The van der Waals surface area contributed by atoms with Crippen LogP contribution in [0.3, 0.4) is 0 Å². The lowest BCUT2D eigenvalue weighted by Crippen LogP contribution is -2.16. The lowest BCUT2D eigenvalue weighted by Gasteiger charge is -2.14. The van der Waals surface area contributed by atoms with E-state index in [1.54, 1.807) is 12.2 Å². The maximum atomic E-state index is 10.7. The molecule has 0 atom stereocenters. The molecule has 0 bridgehead atoms. The van der Waals surface area contributed by atoms with Crippen molar-refractivity contribution in [1.29, 1.82) is 0 Å². The van der Waals surface area contributed by atoms with Gasteiger partial charge in [-0.15, -0.1) is 0 Å². The fraction of sp³-hybridized carbons (Fsp3) is 0.348. The molecule has 2 aromatic rings. The number of nitro benzene ring substituents is 1. The van der Waals surface area contributed by atoms with E-state index in [1.165, 1.54) is 24.3 Å². The third kappa shape index (κ3) is 5.52. The first kappa shape index (κ1) is 21.4. The van der Waals surface area contributed by atoms with Gasteiger partial charge in [0.2, 0.25) is 0 Å². The average molecular weight is 382 g/mol. The summed E-state index contributed by atoms with van der Waals surface area (Å²) in [4.78, 5) is 10.2.